The molecule has 0 aromatic heterocycles. The van der Waals surface area contributed by atoms with Crippen molar-refractivity contribution < 1.29 is 31.6 Å². The number of sulfonamides is 1. The van der Waals surface area contributed by atoms with Crippen LogP contribution in [0.5, 0.6) is 0 Å². The van der Waals surface area contributed by atoms with Gasteiger partial charge in [-0.15, -0.1) is 0 Å². The average Bonchev–Trinajstić information content (AvgIpc) is 3.15. The summed E-state index contributed by atoms with van der Waals surface area (Å²) < 4.78 is 56.3. The summed E-state index contributed by atoms with van der Waals surface area (Å²) in [4.78, 5) is 40.0. The predicted octanol–water partition coefficient (Wildman–Crippen LogP) is 2.48. The third kappa shape index (κ3) is 5.28. The molecule has 0 radical (unpaired) electrons. The lowest BCUT2D eigenvalue weighted by atomic mass is 9.86. The summed E-state index contributed by atoms with van der Waals surface area (Å²) in [6, 6.07) is 7.28. The van der Waals surface area contributed by atoms with Gasteiger partial charge in [-0.1, -0.05) is 12.1 Å². The second-order valence-electron chi connectivity index (χ2n) is 10.1. The van der Waals surface area contributed by atoms with Crippen LogP contribution in [0.15, 0.2) is 30.3 Å². The lowest BCUT2D eigenvalue weighted by molar-refractivity contribution is -0.136. The number of fused-ring (bicyclic) bond motifs is 1. The zero-order valence-corrected chi connectivity index (χ0v) is 21.6. The normalized spacial score (nSPS) is 21.0. The Labute approximate surface area is 219 Å². The van der Waals surface area contributed by atoms with Gasteiger partial charge in [0.25, 0.3) is 5.91 Å². The molecule has 0 aliphatic carbocycles. The average molecular weight is 547 g/mol. The predicted molar refractivity (Wildman–Crippen MR) is 135 cm³/mol. The summed E-state index contributed by atoms with van der Waals surface area (Å²) in [6.45, 7) is 1.60. The molecule has 5 rings (SSSR count). The molecule has 1 unspecified atom stereocenters. The van der Waals surface area contributed by atoms with Crippen LogP contribution in [-0.4, -0.2) is 61.3 Å². The molecule has 2 aromatic carbocycles. The summed E-state index contributed by atoms with van der Waals surface area (Å²) in [5.41, 5.74) is 1.38. The minimum atomic E-state index is -3.39. The van der Waals surface area contributed by atoms with Crippen LogP contribution < -0.4 is 10.0 Å². The van der Waals surface area contributed by atoms with Crippen LogP contribution in [0.1, 0.15) is 58.6 Å². The summed E-state index contributed by atoms with van der Waals surface area (Å²) in [5, 5.41) is 2.20. The van der Waals surface area contributed by atoms with E-state index in [9.17, 15) is 22.8 Å². The van der Waals surface area contributed by atoms with Crippen molar-refractivity contribution >= 4 is 33.4 Å². The van der Waals surface area contributed by atoms with Crippen molar-refractivity contribution in [3.05, 3.63) is 64.2 Å². The van der Waals surface area contributed by atoms with Crippen molar-refractivity contribution in [1.29, 1.82) is 0 Å². The number of nitrogens with zero attached hydrogens (tertiary/aromatic N) is 2. The third-order valence-corrected chi connectivity index (χ3v) is 8.00. The van der Waals surface area contributed by atoms with Crippen molar-refractivity contribution in [2.24, 2.45) is 0 Å². The summed E-state index contributed by atoms with van der Waals surface area (Å²) in [6.07, 6.45) is 2.34. The molecule has 0 bridgehead atoms. The Balaban J connectivity index is 1.27. The molecule has 3 amide bonds. The summed E-state index contributed by atoms with van der Waals surface area (Å²) in [7, 11) is -3.39. The van der Waals surface area contributed by atoms with Crippen molar-refractivity contribution in [1.82, 2.24) is 15.1 Å². The highest BCUT2D eigenvalue weighted by Crippen LogP contribution is 2.38. The van der Waals surface area contributed by atoms with Gasteiger partial charge >= 0.3 is 0 Å². The first kappa shape index (κ1) is 26.2. The molecule has 3 heterocycles. The van der Waals surface area contributed by atoms with E-state index in [0.717, 1.165) is 17.9 Å². The third-order valence-electron chi connectivity index (χ3n) is 7.39. The number of anilines is 1. The number of rotatable bonds is 6. The number of imide groups is 1. The minimum Gasteiger partial charge on any atom is -0.322 e. The van der Waals surface area contributed by atoms with Gasteiger partial charge in [0.05, 0.1) is 18.4 Å². The number of halogens is 2. The number of amides is 3. The fraction of sp³-hybridized carbons (Fsp3) is 0.423. The largest absolute Gasteiger partial charge is 0.322 e. The molecule has 1 atom stereocenters. The Morgan fingerprint density at radius 2 is 1.82 bits per heavy atom. The lowest BCUT2D eigenvalue weighted by Crippen LogP contribution is -2.52. The van der Waals surface area contributed by atoms with Gasteiger partial charge in [-0.05, 0) is 62.0 Å². The molecule has 38 heavy (non-hydrogen) atoms. The first-order chi connectivity index (χ1) is 18.0. The topological polar surface area (TPSA) is 116 Å². The number of piperidine rings is 2. The quantitative estimate of drug-likeness (QED) is 0.538. The van der Waals surface area contributed by atoms with Gasteiger partial charge in [-0.3, -0.25) is 29.3 Å². The van der Waals surface area contributed by atoms with Crippen molar-refractivity contribution in [2.45, 2.75) is 50.7 Å². The highest BCUT2D eigenvalue weighted by atomic mass is 32.2. The van der Waals surface area contributed by atoms with E-state index in [4.69, 9.17) is 0 Å². The number of hydrogen-bond donors (Lipinski definition) is 2. The van der Waals surface area contributed by atoms with Gasteiger partial charge in [-0.25, -0.2) is 17.2 Å². The van der Waals surface area contributed by atoms with Crippen molar-refractivity contribution in [3.63, 3.8) is 0 Å². The van der Waals surface area contributed by atoms with Gasteiger partial charge in [-0.2, -0.15) is 0 Å². The van der Waals surface area contributed by atoms with Crippen molar-refractivity contribution in [3.8, 4) is 0 Å². The highest BCUT2D eigenvalue weighted by molar-refractivity contribution is 7.92. The van der Waals surface area contributed by atoms with Gasteiger partial charge in [0.15, 0.2) is 0 Å². The van der Waals surface area contributed by atoms with E-state index < -0.39 is 45.4 Å². The van der Waals surface area contributed by atoms with E-state index in [1.807, 2.05) is 6.07 Å². The van der Waals surface area contributed by atoms with Crippen LogP contribution in [0.25, 0.3) is 0 Å². The number of benzene rings is 2. The molecule has 2 N–H and O–H groups in total. The zero-order valence-electron chi connectivity index (χ0n) is 20.8. The maximum Gasteiger partial charge on any atom is 0.255 e. The molecule has 2 fully saturated rings. The van der Waals surface area contributed by atoms with Gasteiger partial charge in [0.2, 0.25) is 21.8 Å². The molecule has 202 valence electrons. The monoisotopic (exact) mass is 546 g/mol. The van der Waals surface area contributed by atoms with Crippen LogP contribution in [0.4, 0.5) is 14.5 Å². The standard InChI is InChI=1S/C26H28F2N4O5S/c1-38(36,37)30-17-4-2-3-15(11-17)13-31-9-7-16(8-10-31)23-20(27)12-18-19(24(23)28)14-32(26(18)35)21-5-6-22(33)29-25(21)34/h2-4,11-12,16,21,30H,5-10,13-14H2,1H3,(H,29,33,34). The zero-order chi connectivity index (χ0) is 27.2. The molecular weight excluding hydrogens is 518 g/mol. The van der Waals surface area contributed by atoms with E-state index >= 15 is 8.78 Å². The van der Waals surface area contributed by atoms with E-state index in [1.54, 1.807) is 18.2 Å². The van der Waals surface area contributed by atoms with Crippen LogP contribution in [-0.2, 0) is 32.7 Å². The molecular formula is C26H28F2N4O5S. The van der Waals surface area contributed by atoms with Crippen LogP contribution in [0, 0.1) is 11.6 Å². The Hall–Kier alpha value is -3.38. The van der Waals surface area contributed by atoms with Gasteiger partial charge < -0.3 is 4.90 Å². The lowest BCUT2D eigenvalue weighted by Gasteiger charge is -2.32. The molecule has 2 aromatic rings. The number of carbonyl (C=O) groups excluding carboxylic acids is 3. The second-order valence-corrected chi connectivity index (χ2v) is 11.9. The van der Waals surface area contributed by atoms with E-state index in [0.29, 0.717) is 38.2 Å². The maximum absolute atomic E-state index is 15.7. The van der Waals surface area contributed by atoms with E-state index in [2.05, 4.69) is 14.9 Å². The summed E-state index contributed by atoms with van der Waals surface area (Å²) in [5.74, 6) is -3.50. The Bertz CT molecular complexity index is 1420. The number of nitrogens with one attached hydrogen (secondary N) is 2. The fourth-order valence-corrected chi connectivity index (χ4v) is 6.17. The SMILES string of the molecule is CS(=O)(=O)Nc1cccc(CN2CCC(c3c(F)cc4c(c3F)CN(C3CCC(=O)NC3=O)C4=O)CC2)c1. The smallest absolute Gasteiger partial charge is 0.255 e. The molecule has 9 nitrogen and oxygen atoms in total. The number of carbonyl (C=O) groups is 3. The Morgan fingerprint density at radius 3 is 2.50 bits per heavy atom. The second kappa shape index (κ2) is 10.1. The van der Waals surface area contributed by atoms with Crippen molar-refractivity contribution in [2.75, 3.05) is 24.1 Å². The molecule has 0 saturated carbocycles. The van der Waals surface area contributed by atoms with Gasteiger partial charge in [0, 0.05) is 29.8 Å². The first-order valence-corrected chi connectivity index (χ1v) is 14.3. The molecule has 2 saturated heterocycles. The number of likely N-dealkylation sites (tertiary alicyclic amines) is 1. The number of hydrogen-bond acceptors (Lipinski definition) is 6. The van der Waals surface area contributed by atoms with E-state index in [-0.39, 0.29) is 42.0 Å². The maximum atomic E-state index is 15.7. The molecule has 3 aliphatic rings. The Morgan fingerprint density at radius 1 is 1.08 bits per heavy atom. The van der Waals surface area contributed by atoms with E-state index in [1.165, 1.54) is 4.90 Å². The van der Waals surface area contributed by atoms with Crippen LogP contribution in [0.3, 0.4) is 0 Å². The Kier molecular flexibility index (Phi) is 6.95. The first-order valence-electron chi connectivity index (χ1n) is 12.4. The molecule has 3 aliphatic heterocycles. The highest BCUT2D eigenvalue weighted by Gasteiger charge is 2.42. The van der Waals surface area contributed by atoms with Crippen LogP contribution in [0.2, 0.25) is 0 Å². The van der Waals surface area contributed by atoms with Gasteiger partial charge in [0.1, 0.15) is 17.7 Å². The summed E-state index contributed by atoms with van der Waals surface area (Å²) >= 11 is 0. The molecule has 12 heteroatoms. The fourth-order valence-electron chi connectivity index (χ4n) is 5.61. The minimum absolute atomic E-state index is 0.0272. The van der Waals surface area contributed by atoms with Crippen LogP contribution >= 0.6 is 0 Å². The molecule has 0 spiro atoms.